The maximum atomic E-state index is 11.6. The van der Waals surface area contributed by atoms with E-state index in [0.29, 0.717) is 19.7 Å². The molecule has 0 unspecified atom stereocenters. The summed E-state index contributed by atoms with van der Waals surface area (Å²) in [6, 6.07) is 9.59. The Kier molecular flexibility index (Phi) is 3.36. The average Bonchev–Trinajstić information content (AvgIpc) is 2.38. The molecule has 1 aromatic rings. The number of amides is 1. The minimum absolute atomic E-state index is 0.293. The minimum Gasteiger partial charge on any atom is -0.444 e. The summed E-state index contributed by atoms with van der Waals surface area (Å²) in [5, 5.41) is 0. The summed E-state index contributed by atoms with van der Waals surface area (Å²) < 4.78 is 5.14. The zero-order valence-corrected chi connectivity index (χ0v) is 8.80. The maximum Gasteiger partial charge on any atom is 0.414 e. The molecule has 0 saturated heterocycles. The van der Waals surface area contributed by atoms with Crippen LogP contribution < -0.4 is 0 Å². The van der Waals surface area contributed by atoms with Crippen molar-refractivity contribution in [3.05, 3.63) is 42.1 Å². The van der Waals surface area contributed by atoms with Crippen molar-refractivity contribution in [3.63, 3.8) is 0 Å². The molecule has 0 radical (unpaired) electrons. The molecule has 0 spiro atoms. The van der Waals surface area contributed by atoms with Gasteiger partial charge in [-0.25, -0.2) is 9.79 Å². The lowest BCUT2D eigenvalue weighted by Gasteiger charge is -2.17. The Labute approximate surface area is 93.9 Å². The molecule has 0 N–H and O–H groups in total. The molecule has 1 amide bonds. The molecule has 82 valence electrons. The van der Waals surface area contributed by atoms with Crippen molar-refractivity contribution in [1.29, 1.82) is 0 Å². The van der Waals surface area contributed by atoms with Crippen LogP contribution in [0.25, 0.3) is 0 Å². The number of hydrogen-bond acceptors (Lipinski definition) is 3. The van der Waals surface area contributed by atoms with E-state index in [2.05, 4.69) is 10.9 Å². The summed E-state index contributed by atoms with van der Waals surface area (Å²) in [6.45, 7) is 1.43. The molecule has 1 aliphatic heterocycles. The average molecular weight is 216 g/mol. The lowest BCUT2D eigenvalue weighted by Crippen LogP contribution is -2.30. The van der Waals surface area contributed by atoms with E-state index in [1.165, 1.54) is 11.1 Å². The zero-order chi connectivity index (χ0) is 11.2. The van der Waals surface area contributed by atoms with Gasteiger partial charge in [-0.05, 0) is 11.4 Å². The van der Waals surface area contributed by atoms with Crippen LogP contribution in [0.15, 0.2) is 41.5 Å². The van der Waals surface area contributed by atoms with E-state index >= 15 is 0 Å². The lowest BCUT2D eigenvalue weighted by atomic mass is 10.2. The second-order valence-electron chi connectivity index (χ2n) is 3.37. The maximum absolute atomic E-state index is 11.6. The summed E-state index contributed by atoms with van der Waals surface area (Å²) >= 11 is 0. The molecule has 2 rings (SSSR count). The van der Waals surface area contributed by atoms with E-state index in [0.717, 1.165) is 5.56 Å². The molecule has 1 aromatic carbocycles. The van der Waals surface area contributed by atoms with Crippen LogP contribution in [0.4, 0.5) is 4.79 Å². The Balaban J connectivity index is 1.86. The van der Waals surface area contributed by atoms with Gasteiger partial charge in [-0.1, -0.05) is 30.3 Å². The van der Waals surface area contributed by atoms with Crippen LogP contribution in [0.3, 0.4) is 0 Å². The molecule has 4 nitrogen and oxygen atoms in total. The molecule has 0 aromatic heterocycles. The van der Waals surface area contributed by atoms with Crippen molar-refractivity contribution >= 4 is 12.0 Å². The number of hydrogen-bond donors (Lipinski definition) is 0. The molecule has 1 heterocycles. The summed E-state index contributed by atoms with van der Waals surface area (Å²) in [5.74, 6) is 2.64. The van der Waals surface area contributed by atoms with E-state index in [-0.39, 0.29) is 6.09 Å². The van der Waals surface area contributed by atoms with Gasteiger partial charge in [-0.3, -0.25) is 4.90 Å². The summed E-state index contributed by atoms with van der Waals surface area (Å²) in [4.78, 5) is 16.9. The van der Waals surface area contributed by atoms with E-state index in [1.807, 2.05) is 30.3 Å². The van der Waals surface area contributed by atoms with Crippen molar-refractivity contribution in [1.82, 2.24) is 4.90 Å². The van der Waals surface area contributed by atoms with Crippen molar-refractivity contribution in [2.24, 2.45) is 4.99 Å². The smallest absolute Gasteiger partial charge is 0.414 e. The largest absolute Gasteiger partial charge is 0.444 e. The third-order valence-electron chi connectivity index (χ3n) is 2.20. The minimum atomic E-state index is -0.355. The van der Waals surface area contributed by atoms with Gasteiger partial charge < -0.3 is 4.74 Å². The first-order valence-electron chi connectivity index (χ1n) is 5.09. The summed E-state index contributed by atoms with van der Waals surface area (Å²) in [5.41, 5.74) is 0.977. The molecule has 16 heavy (non-hydrogen) atoms. The Morgan fingerprint density at radius 3 is 2.94 bits per heavy atom. The zero-order valence-electron chi connectivity index (χ0n) is 8.80. The third kappa shape index (κ3) is 2.72. The fourth-order valence-corrected chi connectivity index (χ4v) is 1.34. The number of carbonyl (C=O) groups is 1. The Bertz CT molecular complexity index is 422. The van der Waals surface area contributed by atoms with E-state index in [9.17, 15) is 4.79 Å². The van der Waals surface area contributed by atoms with Gasteiger partial charge in [0.25, 0.3) is 0 Å². The fraction of sp³-hybridized carbons (Fsp3) is 0.250. The van der Waals surface area contributed by atoms with Crippen LogP contribution in [0.2, 0.25) is 0 Å². The number of nitrogens with zero attached hydrogens (tertiary/aromatic N) is 2. The van der Waals surface area contributed by atoms with Crippen molar-refractivity contribution in [2.75, 3.05) is 13.1 Å². The van der Waals surface area contributed by atoms with Crippen LogP contribution in [0, 0.1) is 0 Å². The van der Waals surface area contributed by atoms with Gasteiger partial charge in [-0.2, -0.15) is 0 Å². The van der Waals surface area contributed by atoms with Gasteiger partial charge in [0.05, 0.1) is 12.7 Å². The van der Waals surface area contributed by atoms with E-state index < -0.39 is 0 Å². The Hall–Kier alpha value is -2.06. The molecule has 0 atom stereocenters. The fourth-order valence-electron chi connectivity index (χ4n) is 1.34. The number of benzene rings is 1. The summed E-state index contributed by atoms with van der Waals surface area (Å²) in [6.07, 6.45) is 1.16. The number of aliphatic imine (C=N–C) groups is 1. The quantitative estimate of drug-likeness (QED) is 0.756. The Morgan fingerprint density at radius 1 is 1.44 bits per heavy atom. The SMILES string of the molecule is O=C(OCc1ccccc1)N1C=C=NCC1. The lowest BCUT2D eigenvalue weighted by molar-refractivity contribution is 0.111. The molecule has 0 aliphatic carbocycles. The first kappa shape index (κ1) is 10.5. The highest BCUT2D eigenvalue weighted by molar-refractivity contribution is 5.72. The number of ether oxygens (including phenoxy) is 1. The van der Waals surface area contributed by atoms with Gasteiger partial charge >= 0.3 is 6.09 Å². The molecule has 0 saturated carbocycles. The van der Waals surface area contributed by atoms with Gasteiger partial charge in [0.2, 0.25) is 0 Å². The highest BCUT2D eigenvalue weighted by atomic mass is 16.6. The van der Waals surface area contributed by atoms with Gasteiger partial charge in [-0.15, -0.1) is 0 Å². The van der Waals surface area contributed by atoms with Crippen LogP contribution in [-0.4, -0.2) is 30.0 Å². The number of carbonyl (C=O) groups excluding carboxylic acids is 1. The third-order valence-corrected chi connectivity index (χ3v) is 2.20. The van der Waals surface area contributed by atoms with Crippen LogP contribution in [-0.2, 0) is 11.3 Å². The van der Waals surface area contributed by atoms with Crippen molar-refractivity contribution in [2.45, 2.75) is 6.61 Å². The molecular formula is C12H12N2O2. The molecular weight excluding hydrogens is 204 g/mol. The van der Waals surface area contributed by atoms with Crippen LogP contribution >= 0.6 is 0 Å². The topological polar surface area (TPSA) is 41.9 Å². The molecule has 1 aliphatic rings. The predicted octanol–water partition coefficient (Wildman–Crippen LogP) is 1.82. The van der Waals surface area contributed by atoms with Gasteiger partial charge in [0, 0.05) is 6.54 Å². The van der Waals surface area contributed by atoms with E-state index in [4.69, 9.17) is 4.74 Å². The van der Waals surface area contributed by atoms with Crippen molar-refractivity contribution < 1.29 is 9.53 Å². The molecule has 0 bridgehead atoms. The Morgan fingerprint density at radius 2 is 2.25 bits per heavy atom. The van der Waals surface area contributed by atoms with Gasteiger partial charge in [0.15, 0.2) is 0 Å². The van der Waals surface area contributed by atoms with Crippen molar-refractivity contribution in [3.8, 4) is 0 Å². The summed E-state index contributed by atoms with van der Waals surface area (Å²) in [7, 11) is 0. The predicted molar refractivity (Wildman–Crippen MR) is 60.2 cm³/mol. The first-order chi connectivity index (χ1) is 7.86. The second kappa shape index (κ2) is 5.14. The molecule has 4 heteroatoms. The van der Waals surface area contributed by atoms with Crippen LogP contribution in [0.1, 0.15) is 5.56 Å². The molecule has 0 fully saturated rings. The van der Waals surface area contributed by atoms with Gasteiger partial charge in [0.1, 0.15) is 6.61 Å². The first-order valence-corrected chi connectivity index (χ1v) is 5.09. The second-order valence-corrected chi connectivity index (χ2v) is 3.37. The normalized spacial score (nSPS) is 13.9. The standard InChI is InChI=1S/C12H12N2O2/c15-12(14-8-6-13-7-9-14)16-10-11-4-2-1-3-5-11/h1-5,9H,6,8,10H2. The monoisotopic (exact) mass is 216 g/mol. The highest BCUT2D eigenvalue weighted by Gasteiger charge is 2.13. The van der Waals surface area contributed by atoms with E-state index in [1.54, 1.807) is 0 Å². The highest BCUT2D eigenvalue weighted by Crippen LogP contribution is 2.04. The number of rotatable bonds is 2. The van der Waals surface area contributed by atoms with Crippen LogP contribution in [0.5, 0.6) is 0 Å².